The number of carbonyl (C=O) groups excluding carboxylic acids is 2. The number of amides is 1. The van der Waals surface area contributed by atoms with E-state index in [9.17, 15) is 9.59 Å². The Morgan fingerprint density at radius 3 is 2.31 bits per heavy atom. The van der Waals surface area contributed by atoms with Crippen LogP contribution in [0.5, 0.6) is 11.5 Å². The monoisotopic (exact) mass is 558 g/mol. The van der Waals surface area contributed by atoms with Gasteiger partial charge >= 0.3 is 5.97 Å². The minimum Gasteiger partial charge on any atom is -0.483 e. The molecule has 0 aromatic heterocycles. The van der Waals surface area contributed by atoms with Gasteiger partial charge in [-0.1, -0.05) is 50.1 Å². The van der Waals surface area contributed by atoms with E-state index in [1.807, 2.05) is 32.0 Å². The largest absolute Gasteiger partial charge is 0.483 e. The molecule has 3 aromatic rings. The lowest BCUT2D eigenvalue weighted by atomic mass is 10.1. The molecule has 1 N–H and O–H groups in total. The fraction of sp³-hybridized carbons (Fsp3) is 0.125. The summed E-state index contributed by atoms with van der Waals surface area (Å²) in [7, 11) is 0. The SMILES string of the molecule is Cc1cccc(C)c1OCC(=O)NN=Cc1cc(Br)ccc1OC(=O)c1ccc(Br)cc1. The van der Waals surface area contributed by atoms with Gasteiger partial charge in [-0.25, -0.2) is 10.2 Å². The van der Waals surface area contributed by atoms with Crippen LogP contribution in [-0.2, 0) is 4.79 Å². The van der Waals surface area contributed by atoms with Crippen molar-refractivity contribution in [3.63, 3.8) is 0 Å². The molecule has 3 aromatic carbocycles. The van der Waals surface area contributed by atoms with Crippen molar-refractivity contribution in [2.45, 2.75) is 13.8 Å². The second-order valence-electron chi connectivity index (χ2n) is 6.88. The number of benzene rings is 3. The van der Waals surface area contributed by atoms with Crippen molar-refractivity contribution in [1.29, 1.82) is 0 Å². The molecule has 0 aliphatic carbocycles. The molecule has 6 nitrogen and oxygen atoms in total. The van der Waals surface area contributed by atoms with E-state index in [1.54, 1.807) is 42.5 Å². The van der Waals surface area contributed by atoms with Crippen LogP contribution in [0.25, 0.3) is 0 Å². The normalized spacial score (nSPS) is 10.8. The van der Waals surface area contributed by atoms with Crippen LogP contribution < -0.4 is 14.9 Å². The number of esters is 1. The first kappa shape index (κ1) is 23.7. The van der Waals surface area contributed by atoms with Gasteiger partial charge in [-0.2, -0.15) is 5.10 Å². The first-order chi connectivity index (χ1) is 15.3. The van der Waals surface area contributed by atoms with Crippen LogP contribution in [0.3, 0.4) is 0 Å². The first-order valence-corrected chi connectivity index (χ1v) is 11.2. The maximum absolute atomic E-state index is 12.4. The molecule has 1 amide bonds. The van der Waals surface area contributed by atoms with E-state index in [1.165, 1.54) is 6.21 Å². The summed E-state index contributed by atoms with van der Waals surface area (Å²) in [6.45, 7) is 3.67. The molecule has 0 saturated heterocycles. The number of ether oxygens (including phenoxy) is 2. The number of nitrogens with zero attached hydrogens (tertiary/aromatic N) is 1. The zero-order valence-corrected chi connectivity index (χ0v) is 20.6. The molecular weight excluding hydrogens is 540 g/mol. The van der Waals surface area contributed by atoms with Crippen LogP contribution >= 0.6 is 31.9 Å². The standard InChI is InChI=1S/C24H20Br2N2O4/c1-15-4-3-5-16(2)23(15)31-14-22(29)28-27-13-18-12-20(26)10-11-21(18)32-24(30)17-6-8-19(25)9-7-17/h3-13H,14H2,1-2H3,(H,28,29). The van der Waals surface area contributed by atoms with Crippen LogP contribution in [0.2, 0.25) is 0 Å². The molecule has 0 bridgehead atoms. The lowest BCUT2D eigenvalue weighted by Gasteiger charge is -2.11. The highest BCUT2D eigenvalue weighted by atomic mass is 79.9. The van der Waals surface area contributed by atoms with E-state index in [2.05, 4.69) is 42.4 Å². The number of para-hydroxylation sites is 1. The summed E-state index contributed by atoms with van der Waals surface area (Å²) in [5.41, 5.74) is 5.25. The Labute approximate surface area is 202 Å². The van der Waals surface area contributed by atoms with Gasteiger partial charge in [0.25, 0.3) is 5.91 Å². The Morgan fingerprint density at radius 1 is 0.969 bits per heavy atom. The number of hydrogen-bond donors (Lipinski definition) is 1. The number of halogens is 2. The van der Waals surface area contributed by atoms with Crippen molar-refractivity contribution in [3.8, 4) is 11.5 Å². The first-order valence-electron chi connectivity index (χ1n) is 9.61. The lowest BCUT2D eigenvalue weighted by Crippen LogP contribution is -2.25. The topological polar surface area (TPSA) is 77.0 Å². The van der Waals surface area contributed by atoms with Gasteiger partial charge in [0.2, 0.25) is 0 Å². The number of hydrogen-bond acceptors (Lipinski definition) is 5. The molecule has 3 rings (SSSR count). The third kappa shape index (κ3) is 6.51. The van der Waals surface area contributed by atoms with Crippen LogP contribution in [0.4, 0.5) is 0 Å². The molecule has 0 radical (unpaired) electrons. The van der Waals surface area contributed by atoms with E-state index in [4.69, 9.17) is 9.47 Å². The van der Waals surface area contributed by atoms with Crippen LogP contribution in [-0.4, -0.2) is 24.7 Å². The highest BCUT2D eigenvalue weighted by Crippen LogP contribution is 2.24. The van der Waals surface area contributed by atoms with Crippen molar-refractivity contribution in [2.75, 3.05) is 6.61 Å². The lowest BCUT2D eigenvalue weighted by molar-refractivity contribution is -0.123. The molecule has 0 spiro atoms. The molecule has 0 aliphatic rings. The van der Waals surface area contributed by atoms with E-state index in [0.29, 0.717) is 22.6 Å². The Morgan fingerprint density at radius 2 is 1.62 bits per heavy atom. The third-order valence-corrected chi connectivity index (χ3v) is 5.43. The smallest absolute Gasteiger partial charge is 0.343 e. The molecule has 8 heteroatoms. The summed E-state index contributed by atoms with van der Waals surface area (Å²) in [4.78, 5) is 24.6. The molecule has 0 aliphatic heterocycles. The minimum absolute atomic E-state index is 0.174. The van der Waals surface area contributed by atoms with Crippen LogP contribution in [0, 0.1) is 13.8 Å². The summed E-state index contributed by atoms with van der Waals surface area (Å²) >= 11 is 6.72. The van der Waals surface area contributed by atoms with E-state index in [-0.39, 0.29) is 6.61 Å². The molecule has 0 unspecified atom stereocenters. The van der Waals surface area contributed by atoms with Crippen molar-refractivity contribution in [3.05, 3.63) is 91.9 Å². The summed E-state index contributed by atoms with van der Waals surface area (Å²) in [5, 5.41) is 3.97. The Kier molecular flexibility index (Phi) is 8.19. The zero-order valence-electron chi connectivity index (χ0n) is 17.4. The summed E-state index contributed by atoms with van der Waals surface area (Å²) in [6.07, 6.45) is 1.41. The second-order valence-corrected chi connectivity index (χ2v) is 8.71. The summed E-state index contributed by atoms with van der Waals surface area (Å²) in [5.74, 6) is 0.0829. The van der Waals surface area contributed by atoms with Gasteiger partial charge in [-0.3, -0.25) is 4.79 Å². The second kappa shape index (κ2) is 11.1. The van der Waals surface area contributed by atoms with Gasteiger partial charge in [-0.15, -0.1) is 0 Å². The van der Waals surface area contributed by atoms with Gasteiger partial charge in [0.1, 0.15) is 11.5 Å². The van der Waals surface area contributed by atoms with E-state index >= 15 is 0 Å². The third-order valence-electron chi connectivity index (χ3n) is 4.40. The quantitative estimate of drug-likeness (QED) is 0.177. The number of aryl methyl sites for hydroxylation is 2. The highest BCUT2D eigenvalue weighted by molar-refractivity contribution is 9.10. The maximum Gasteiger partial charge on any atom is 0.343 e. The number of carbonyl (C=O) groups is 2. The van der Waals surface area contributed by atoms with Gasteiger partial charge in [-0.05, 0) is 67.4 Å². The fourth-order valence-electron chi connectivity index (χ4n) is 2.83. The minimum atomic E-state index is -0.500. The number of rotatable bonds is 7. The number of hydrazone groups is 1. The predicted octanol–water partition coefficient (Wildman–Crippen LogP) is 5.58. The molecule has 0 saturated carbocycles. The van der Waals surface area contributed by atoms with E-state index < -0.39 is 11.9 Å². The molecule has 0 atom stereocenters. The van der Waals surface area contributed by atoms with Crippen LogP contribution in [0.1, 0.15) is 27.0 Å². The van der Waals surface area contributed by atoms with Crippen molar-refractivity contribution >= 4 is 50.0 Å². The molecule has 0 heterocycles. The predicted molar refractivity (Wildman–Crippen MR) is 130 cm³/mol. The molecular formula is C24H20Br2N2O4. The number of nitrogens with one attached hydrogen (secondary N) is 1. The van der Waals surface area contributed by atoms with Crippen molar-refractivity contribution < 1.29 is 19.1 Å². The van der Waals surface area contributed by atoms with Crippen molar-refractivity contribution in [1.82, 2.24) is 5.43 Å². The Balaban J connectivity index is 1.63. The Hall–Kier alpha value is -2.97. The molecule has 164 valence electrons. The molecule has 32 heavy (non-hydrogen) atoms. The van der Waals surface area contributed by atoms with Gasteiger partial charge in [0.05, 0.1) is 11.8 Å². The average Bonchev–Trinajstić information content (AvgIpc) is 2.75. The maximum atomic E-state index is 12.4. The molecule has 0 fully saturated rings. The Bertz CT molecular complexity index is 1140. The summed E-state index contributed by atoms with van der Waals surface area (Å²) < 4.78 is 12.8. The van der Waals surface area contributed by atoms with Crippen LogP contribution in [0.15, 0.2) is 74.7 Å². The fourth-order valence-corrected chi connectivity index (χ4v) is 3.47. The van der Waals surface area contributed by atoms with Gasteiger partial charge in [0.15, 0.2) is 6.61 Å². The summed E-state index contributed by atoms with van der Waals surface area (Å²) in [6, 6.07) is 17.7. The van der Waals surface area contributed by atoms with E-state index in [0.717, 1.165) is 20.1 Å². The van der Waals surface area contributed by atoms with Gasteiger partial charge < -0.3 is 9.47 Å². The zero-order chi connectivity index (χ0) is 23.1. The van der Waals surface area contributed by atoms with Gasteiger partial charge in [0, 0.05) is 14.5 Å². The highest BCUT2D eigenvalue weighted by Gasteiger charge is 2.12. The van der Waals surface area contributed by atoms with Crippen molar-refractivity contribution in [2.24, 2.45) is 5.10 Å². The average molecular weight is 560 g/mol.